The molecule has 0 unspecified atom stereocenters. The summed E-state index contributed by atoms with van der Waals surface area (Å²) in [6.45, 7) is 4.14. The van der Waals surface area contributed by atoms with Gasteiger partial charge in [-0.15, -0.1) is 0 Å². The van der Waals surface area contributed by atoms with E-state index in [1.165, 1.54) is 50.3 Å². The molecule has 25 heavy (non-hydrogen) atoms. The highest BCUT2D eigenvalue weighted by molar-refractivity contribution is 5.96. The standard InChI is InChI=1S/C20H30FNO3/c1-3-4-5-6-7-8-9-10-14-25-20(24)16(2)22-19(23)17-12-11-13-18(21)15-17/h11-13,15-16H,3-10,14H2,1-2H3,(H,22,23)/t16-/m0/s1. The van der Waals surface area contributed by atoms with Crippen LogP contribution in [0.2, 0.25) is 0 Å². The summed E-state index contributed by atoms with van der Waals surface area (Å²) in [6, 6.07) is 4.59. The summed E-state index contributed by atoms with van der Waals surface area (Å²) in [5.74, 6) is -1.44. The number of benzene rings is 1. The number of rotatable bonds is 12. The number of halogens is 1. The van der Waals surface area contributed by atoms with E-state index in [1.807, 2.05) is 0 Å². The first-order valence-electron chi connectivity index (χ1n) is 9.27. The largest absolute Gasteiger partial charge is 0.464 e. The molecule has 1 amide bonds. The molecule has 1 rings (SSSR count). The summed E-state index contributed by atoms with van der Waals surface area (Å²) < 4.78 is 18.3. The van der Waals surface area contributed by atoms with Crippen LogP contribution < -0.4 is 5.32 Å². The number of hydrogen-bond donors (Lipinski definition) is 1. The fourth-order valence-corrected chi connectivity index (χ4v) is 2.50. The lowest BCUT2D eigenvalue weighted by Crippen LogP contribution is -2.39. The number of hydrogen-bond acceptors (Lipinski definition) is 3. The predicted molar refractivity (Wildman–Crippen MR) is 96.9 cm³/mol. The van der Waals surface area contributed by atoms with Gasteiger partial charge in [0.1, 0.15) is 11.9 Å². The van der Waals surface area contributed by atoms with Gasteiger partial charge in [-0.3, -0.25) is 4.79 Å². The second kappa shape index (κ2) is 12.5. The number of ether oxygens (including phenoxy) is 1. The van der Waals surface area contributed by atoms with Crippen molar-refractivity contribution in [3.05, 3.63) is 35.6 Å². The molecule has 0 fully saturated rings. The highest BCUT2D eigenvalue weighted by Crippen LogP contribution is 2.08. The molecule has 1 aromatic carbocycles. The first-order chi connectivity index (χ1) is 12.0. The molecular formula is C20H30FNO3. The molecule has 0 saturated carbocycles. The van der Waals surface area contributed by atoms with E-state index in [1.54, 1.807) is 6.92 Å². The van der Waals surface area contributed by atoms with Crippen LogP contribution in [0.15, 0.2) is 24.3 Å². The van der Waals surface area contributed by atoms with E-state index in [0.717, 1.165) is 25.3 Å². The fourth-order valence-electron chi connectivity index (χ4n) is 2.50. The van der Waals surface area contributed by atoms with Crippen LogP contribution in [0.25, 0.3) is 0 Å². The van der Waals surface area contributed by atoms with Crippen molar-refractivity contribution in [2.75, 3.05) is 6.61 Å². The number of amides is 1. The molecule has 5 heteroatoms. The van der Waals surface area contributed by atoms with Gasteiger partial charge in [0.2, 0.25) is 0 Å². The van der Waals surface area contributed by atoms with Crippen molar-refractivity contribution >= 4 is 11.9 Å². The van der Waals surface area contributed by atoms with Gasteiger partial charge in [0, 0.05) is 5.56 Å². The van der Waals surface area contributed by atoms with Gasteiger partial charge in [-0.05, 0) is 31.5 Å². The van der Waals surface area contributed by atoms with E-state index < -0.39 is 23.7 Å². The molecular weight excluding hydrogens is 321 g/mol. The summed E-state index contributed by atoms with van der Waals surface area (Å²) >= 11 is 0. The lowest BCUT2D eigenvalue weighted by molar-refractivity contribution is -0.145. The number of esters is 1. The topological polar surface area (TPSA) is 55.4 Å². The van der Waals surface area contributed by atoms with E-state index in [4.69, 9.17) is 4.74 Å². The number of nitrogens with one attached hydrogen (secondary N) is 1. The van der Waals surface area contributed by atoms with Crippen molar-refractivity contribution in [3.8, 4) is 0 Å². The van der Waals surface area contributed by atoms with Crippen molar-refractivity contribution < 1.29 is 18.7 Å². The maximum atomic E-state index is 13.1. The van der Waals surface area contributed by atoms with Gasteiger partial charge in [0.25, 0.3) is 5.91 Å². The summed E-state index contributed by atoms with van der Waals surface area (Å²) in [7, 11) is 0. The summed E-state index contributed by atoms with van der Waals surface area (Å²) in [4.78, 5) is 23.8. The molecule has 0 spiro atoms. The van der Waals surface area contributed by atoms with Crippen LogP contribution in [0.1, 0.15) is 75.6 Å². The van der Waals surface area contributed by atoms with Crippen LogP contribution in [-0.2, 0) is 9.53 Å². The van der Waals surface area contributed by atoms with Crippen LogP contribution in [0.4, 0.5) is 4.39 Å². The molecule has 0 aliphatic rings. The lowest BCUT2D eigenvalue weighted by atomic mass is 10.1. The third kappa shape index (κ3) is 9.22. The van der Waals surface area contributed by atoms with Crippen molar-refractivity contribution in [1.82, 2.24) is 5.32 Å². The minimum Gasteiger partial charge on any atom is -0.464 e. The van der Waals surface area contributed by atoms with Gasteiger partial charge in [0.05, 0.1) is 6.61 Å². The van der Waals surface area contributed by atoms with Crippen molar-refractivity contribution in [2.24, 2.45) is 0 Å². The molecule has 1 N–H and O–H groups in total. The first-order valence-corrected chi connectivity index (χ1v) is 9.27. The molecule has 140 valence electrons. The average Bonchev–Trinajstić information content (AvgIpc) is 2.60. The highest BCUT2D eigenvalue weighted by Gasteiger charge is 2.18. The van der Waals surface area contributed by atoms with Gasteiger partial charge in [-0.1, -0.05) is 57.9 Å². The SMILES string of the molecule is CCCCCCCCCCOC(=O)[C@H](C)NC(=O)c1cccc(F)c1. The first kappa shape index (κ1) is 21.1. The Morgan fingerprint density at radius 1 is 1.08 bits per heavy atom. The summed E-state index contributed by atoms with van der Waals surface area (Å²) in [5, 5.41) is 2.52. The van der Waals surface area contributed by atoms with E-state index in [2.05, 4.69) is 12.2 Å². The third-order valence-corrected chi connectivity index (χ3v) is 4.03. The lowest BCUT2D eigenvalue weighted by Gasteiger charge is -2.13. The quantitative estimate of drug-likeness (QED) is 0.441. The number of carbonyl (C=O) groups excluding carboxylic acids is 2. The zero-order valence-electron chi connectivity index (χ0n) is 15.4. The molecule has 4 nitrogen and oxygen atoms in total. The molecule has 0 aromatic heterocycles. The monoisotopic (exact) mass is 351 g/mol. The van der Waals surface area contributed by atoms with Crippen molar-refractivity contribution in [2.45, 2.75) is 71.3 Å². The van der Waals surface area contributed by atoms with Gasteiger partial charge < -0.3 is 10.1 Å². The van der Waals surface area contributed by atoms with Gasteiger partial charge in [-0.25, -0.2) is 9.18 Å². The second-order valence-corrected chi connectivity index (χ2v) is 6.35. The summed E-state index contributed by atoms with van der Waals surface area (Å²) in [6.07, 6.45) is 9.40. The van der Waals surface area contributed by atoms with Crippen LogP contribution in [-0.4, -0.2) is 24.5 Å². The molecule has 1 aromatic rings. The molecule has 0 saturated heterocycles. The summed E-state index contributed by atoms with van der Waals surface area (Å²) in [5.41, 5.74) is 0.183. The zero-order valence-corrected chi connectivity index (χ0v) is 15.4. The molecule has 1 atom stereocenters. The molecule has 0 aliphatic heterocycles. The Morgan fingerprint density at radius 2 is 1.72 bits per heavy atom. The smallest absolute Gasteiger partial charge is 0.328 e. The zero-order chi connectivity index (χ0) is 18.5. The molecule has 0 aliphatic carbocycles. The average molecular weight is 351 g/mol. The second-order valence-electron chi connectivity index (χ2n) is 6.35. The van der Waals surface area contributed by atoms with E-state index in [9.17, 15) is 14.0 Å². The maximum absolute atomic E-state index is 13.1. The number of carbonyl (C=O) groups is 2. The Kier molecular flexibility index (Phi) is 10.5. The van der Waals surface area contributed by atoms with Crippen molar-refractivity contribution in [1.29, 1.82) is 0 Å². The maximum Gasteiger partial charge on any atom is 0.328 e. The van der Waals surface area contributed by atoms with Crippen LogP contribution in [0, 0.1) is 5.82 Å². The predicted octanol–water partition coefficient (Wildman–Crippen LogP) is 4.63. The Morgan fingerprint density at radius 3 is 2.36 bits per heavy atom. The molecule has 0 radical (unpaired) electrons. The van der Waals surface area contributed by atoms with Gasteiger partial charge in [-0.2, -0.15) is 0 Å². The highest BCUT2D eigenvalue weighted by atomic mass is 19.1. The minimum absolute atomic E-state index is 0.183. The minimum atomic E-state index is -0.759. The third-order valence-electron chi connectivity index (χ3n) is 4.03. The van der Waals surface area contributed by atoms with Gasteiger partial charge >= 0.3 is 5.97 Å². The molecule has 0 heterocycles. The Labute approximate surface area is 150 Å². The Hall–Kier alpha value is -1.91. The number of unbranched alkanes of at least 4 members (excludes halogenated alkanes) is 7. The van der Waals surface area contributed by atoms with E-state index in [-0.39, 0.29) is 5.56 Å². The molecule has 0 bridgehead atoms. The van der Waals surface area contributed by atoms with Crippen LogP contribution in [0.3, 0.4) is 0 Å². The van der Waals surface area contributed by atoms with Gasteiger partial charge in [0.15, 0.2) is 0 Å². The fraction of sp³-hybridized carbons (Fsp3) is 0.600. The normalized spacial score (nSPS) is 11.8. The van der Waals surface area contributed by atoms with Crippen LogP contribution in [0.5, 0.6) is 0 Å². The Bertz CT molecular complexity index is 533. The van der Waals surface area contributed by atoms with E-state index in [0.29, 0.717) is 6.61 Å². The van der Waals surface area contributed by atoms with E-state index >= 15 is 0 Å². The Balaban J connectivity index is 2.14. The van der Waals surface area contributed by atoms with Crippen molar-refractivity contribution in [3.63, 3.8) is 0 Å². The van der Waals surface area contributed by atoms with Crippen LogP contribution >= 0.6 is 0 Å².